The lowest BCUT2D eigenvalue weighted by Gasteiger charge is -2.30. The van der Waals surface area contributed by atoms with Crippen LogP contribution in [0.5, 0.6) is 0 Å². The van der Waals surface area contributed by atoms with Gasteiger partial charge in [0, 0.05) is 19.2 Å². The number of carbonyl (C=O) groups is 6. The number of hydrogen-bond donors (Lipinski definition) is 4. The maximum atomic E-state index is 13.8. The molecule has 2 heterocycles. The number of esters is 1. The molecule has 5 amide bonds. The Morgan fingerprint density at radius 3 is 2.07 bits per heavy atom. The normalized spacial score (nSPS) is 16.0. The summed E-state index contributed by atoms with van der Waals surface area (Å²) in [7, 11) is 0. The first kappa shape index (κ1) is 45.9. The number of imidazole rings is 1. The number of aromatic nitrogens is 2. The average Bonchev–Trinajstić information content (AvgIpc) is 3.86. The second-order valence-corrected chi connectivity index (χ2v) is 16.2. The summed E-state index contributed by atoms with van der Waals surface area (Å²) in [6, 6.07) is 13.6. The molecule has 320 valence electrons. The number of hydrogen-bond acceptors (Lipinski definition) is 10. The van der Waals surface area contributed by atoms with E-state index in [0.717, 1.165) is 11.1 Å². The molecule has 2 aromatic carbocycles. The van der Waals surface area contributed by atoms with Gasteiger partial charge in [0.1, 0.15) is 49.1 Å². The zero-order valence-electron chi connectivity index (χ0n) is 35.1. The molecule has 0 radical (unpaired) electrons. The number of nitrogens with zero attached hydrogens (tertiary/aromatic N) is 3. The smallest absolute Gasteiger partial charge is 0.408 e. The van der Waals surface area contributed by atoms with Crippen molar-refractivity contribution in [3.05, 3.63) is 90.0 Å². The van der Waals surface area contributed by atoms with Crippen LogP contribution in [0.3, 0.4) is 0 Å². The molecular formula is C43H59N7O9. The Balaban J connectivity index is 1.41. The van der Waals surface area contributed by atoms with Gasteiger partial charge in [-0.3, -0.25) is 19.2 Å². The van der Waals surface area contributed by atoms with Crippen molar-refractivity contribution in [3.63, 3.8) is 0 Å². The van der Waals surface area contributed by atoms with Crippen LogP contribution >= 0.6 is 0 Å². The molecule has 16 nitrogen and oxygen atoms in total. The summed E-state index contributed by atoms with van der Waals surface area (Å²) in [5.41, 5.74) is 1.47. The number of amides is 5. The molecule has 0 spiro atoms. The van der Waals surface area contributed by atoms with Crippen LogP contribution in [0.15, 0.2) is 73.2 Å². The zero-order chi connectivity index (χ0) is 43.1. The van der Waals surface area contributed by atoms with Gasteiger partial charge in [0.2, 0.25) is 23.6 Å². The summed E-state index contributed by atoms with van der Waals surface area (Å²) in [5.74, 6) is -2.94. The van der Waals surface area contributed by atoms with Crippen LogP contribution in [0.25, 0.3) is 0 Å². The number of likely N-dealkylation sites (tertiary alicyclic amines) is 1. The summed E-state index contributed by atoms with van der Waals surface area (Å²) < 4.78 is 18.3. The minimum atomic E-state index is -1.21. The SMILES string of the molecule is CC(C)C[C@@H](NC(=O)OC(C)(C)C)C(=O)N1CCC[C@H]1C(=O)N[C@H](C)C(=O)N[C@@H](Cc1cn(COCc2ccccc2)cn1)C(=O)N[C@H](C)C(=O)OCc1ccccc1. The number of rotatable bonds is 19. The fourth-order valence-electron chi connectivity index (χ4n) is 6.39. The van der Waals surface area contributed by atoms with Crippen LogP contribution < -0.4 is 21.3 Å². The van der Waals surface area contributed by atoms with Gasteiger partial charge in [-0.15, -0.1) is 0 Å². The second kappa shape index (κ2) is 21.8. The molecule has 1 aromatic heterocycles. The molecule has 5 atom stereocenters. The summed E-state index contributed by atoms with van der Waals surface area (Å²) in [4.78, 5) is 86.1. The molecule has 0 unspecified atom stereocenters. The second-order valence-electron chi connectivity index (χ2n) is 16.2. The van der Waals surface area contributed by atoms with Crippen molar-refractivity contribution >= 4 is 35.7 Å². The third kappa shape index (κ3) is 15.2. The lowest BCUT2D eigenvalue weighted by atomic mass is 10.0. The highest BCUT2D eigenvalue weighted by Gasteiger charge is 2.39. The Hall–Kier alpha value is -5.77. The Kier molecular flexibility index (Phi) is 17.0. The van der Waals surface area contributed by atoms with E-state index >= 15 is 0 Å². The highest BCUT2D eigenvalue weighted by molar-refractivity contribution is 5.96. The highest BCUT2D eigenvalue weighted by atomic mass is 16.6. The summed E-state index contributed by atoms with van der Waals surface area (Å²) in [6.45, 7) is 12.8. The van der Waals surface area contributed by atoms with Gasteiger partial charge in [0.25, 0.3) is 0 Å². The van der Waals surface area contributed by atoms with Gasteiger partial charge in [-0.05, 0) is 70.9 Å². The van der Waals surface area contributed by atoms with Crippen molar-refractivity contribution in [1.29, 1.82) is 0 Å². The van der Waals surface area contributed by atoms with E-state index < -0.39 is 71.5 Å². The molecule has 0 aliphatic carbocycles. The third-order valence-corrected chi connectivity index (χ3v) is 9.31. The lowest BCUT2D eigenvalue weighted by Crippen LogP contribution is -2.58. The monoisotopic (exact) mass is 817 g/mol. The maximum absolute atomic E-state index is 13.8. The minimum Gasteiger partial charge on any atom is -0.459 e. The van der Waals surface area contributed by atoms with E-state index in [1.807, 2.05) is 74.5 Å². The molecule has 16 heteroatoms. The van der Waals surface area contributed by atoms with Crippen LogP contribution in [0.1, 0.15) is 84.5 Å². The Morgan fingerprint density at radius 1 is 0.797 bits per heavy atom. The predicted octanol–water partition coefficient (Wildman–Crippen LogP) is 3.77. The number of nitrogens with one attached hydrogen (secondary N) is 4. The summed E-state index contributed by atoms with van der Waals surface area (Å²) >= 11 is 0. The van der Waals surface area contributed by atoms with Gasteiger partial charge >= 0.3 is 12.1 Å². The number of alkyl carbamates (subject to hydrolysis) is 1. The van der Waals surface area contributed by atoms with Gasteiger partial charge in [0.15, 0.2) is 0 Å². The molecule has 0 saturated carbocycles. The molecule has 0 bridgehead atoms. The third-order valence-electron chi connectivity index (χ3n) is 9.31. The van der Waals surface area contributed by atoms with E-state index in [-0.39, 0.29) is 25.7 Å². The molecule has 4 N–H and O–H groups in total. The molecule has 3 aromatic rings. The summed E-state index contributed by atoms with van der Waals surface area (Å²) in [5, 5.41) is 10.7. The number of carbonyl (C=O) groups excluding carboxylic acids is 6. The van der Waals surface area contributed by atoms with Crippen LogP contribution in [0, 0.1) is 5.92 Å². The first-order chi connectivity index (χ1) is 28.0. The van der Waals surface area contributed by atoms with Gasteiger partial charge in [0.05, 0.1) is 18.6 Å². The maximum Gasteiger partial charge on any atom is 0.408 e. The zero-order valence-corrected chi connectivity index (χ0v) is 35.1. The van der Waals surface area contributed by atoms with Gasteiger partial charge < -0.3 is 44.9 Å². The molecule has 4 rings (SSSR count). The topological polar surface area (TPSA) is 199 Å². The van der Waals surface area contributed by atoms with Crippen LogP contribution in [-0.4, -0.2) is 92.5 Å². The molecule has 1 fully saturated rings. The molecular weight excluding hydrogens is 759 g/mol. The Morgan fingerprint density at radius 2 is 1.44 bits per heavy atom. The van der Waals surface area contributed by atoms with E-state index in [0.29, 0.717) is 38.1 Å². The molecule has 1 aliphatic rings. The van der Waals surface area contributed by atoms with Crippen molar-refractivity contribution in [2.24, 2.45) is 5.92 Å². The van der Waals surface area contributed by atoms with Crippen molar-refractivity contribution in [1.82, 2.24) is 35.7 Å². The van der Waals surface area contributed by atoms with E-state index in [1.165, 1.54) is 18.7 Å². The van der Waals surface area contributed by atoms with Crippen molar-refractivity contribution < 1.29 is 43.0 Å². The number of benzene rings is 2. The molecule has 1 aliphatic heterocycles. The first-order valence-electron chi connectivity index (χ1n) is 20.0. The van der Waals surface area contributed by atoms with Crippen LogP contribution in [-0.2, 0) is 64.5 Å². The van der Waals surface area contributed by atoms with Gasteiger partial charge in [-0.25, -0.2) is 14.6 Å². The minimum absolute atomic E-state index is 0.0176. The highest BCUT2D eigenvalue weighted by Crippen LogP contribution is 2.21. The first-order valence-corrected chi connectivity index (χ1v) is 20.0. The van der Waals surface area contributed by atoms with E-state index in [4.69, 9.17) is 14.2 Å². The van der Waals surface area contributed by atoms with Gasteiger partial charge in [-0.1, -0.05) is 74.5 Å². The summed E-state index contributed by atoms with van der Waals surface area (Å²) in [6.07, 6.45) is 3.68. The van der Waals surface area contributed by atoms with Gasteiger partial charge in [-0.2, -0.15) is 0 Å². The van der Waals surface area contributed by atoms with Crippen molar-refractivity contribution in [3.8, 4) is 0 Å². The standard InChI is InChI=1S/C43H59N7O9/c1-28(2)21-35(48-42(56)59-43(5,6)7)40(54)50-20-14-19-36(50)39(53)45-29(3)37(51)47-34(38(52)46-30(4)41(55)58-25-32-17-12-9-13-18-32)22-33-23-49(26-44-33)27-57-24-31-15-10-8-11-16-31/h8-13,15-18,23,26,28-30,34-36H,14,19-22,24-25,27H2,1-7H3,(H,45,53)(H,46,52)(H,47,51)(H,48,56)/t29-,30-,34+,35-,36+/m1/s1. The molecule has 1 saturated heterocycles. The van der Waals surface area contributed by atoms with E-state index in [1.54, 1.807) is 37.9 Å². The Bertz CT molecular complexity index is 1860. The Labute approximate surface area is 346 Å². The fourth-order valence-corrected chi connectivity index (χ4v) is 6.39. The predicted molar refractivity (Wildman–Crippen MR) is 218 cm³/mol. The molecule has 59 heavy (non-hydrogen) atoms. The largest absolute Gasteiger partial charge is 0.459 e. The lowest BCUT2D eigenvalue weighted by molar-refractivity contribution is -0.148. The van der Waals surface area contributed by atoms with Crippen molar-refractivity contribution in [2.45, 2.75) is 130 Å². The van der Waals surface area contributed by atoms with Crippen molar-refractivity contribution in [2.75, 3.05) is 6.54 Å². The van der Waals surface area contributed by atoms with Crippen LogP contribution in [0.2, 0.25) is 0 Å². The average molecular weight is 818 g/mol. The quantitative estimate of drug-likeness (QED) is 0.129. The van der Waals surface area contributed by atoms with Crippen LogP contribution in [0.4, 0.5) is 4.79 Å². The van der Waals surface area contributed by atoms with E-state index in [2.05, 4.69) is 26.3 Å². The van der Waals surface area contributed by atoms with E-state index in [9.17, 15) is 28.8 Å². The number of ether oxygens (including phenoxy) is 3. The fraction of sp³-hybridized carbons (Fsp3) is 0.512.